The number of benzene rings is 1. The number of nitrogens with one attached hydrogen (secondary N) is 1. The molecule has 1 aromatic carbocycles. The smallest absolute Gasteiger partial charge is 0.257 e. The van der Waals surface area contributed by atoms with E-state index in [1.165, 1.54) is 23.5 Å². The highest BCUT2D eigenvalue weighted by atomic mass is 32.1. The van der Waals surface area contributed by atoms with Crippen molar-refractivity contribution in [3.8, 4) is 11.3 Å². The SMILES string of the molecule is Cc1ccc(F)cc1C(=O)Nc1nc(-c2cccnc2)cs1. The van der Waals surface area contributed by atoms with Crippen molar-refractivity contribution in [2.45, 2.75) is 6.92 Å². The van der Waals surface area contributed by atoms with Gasteiger partial charge in [-0.3, -0.25) is 15.1 Å². The Hall–Kier alpha value is -2.60. The summed E-state index contributed by atoms with van der Waals surface area (Å²) in [6, 6.07) is 7.84. The molecule has 1 N–H and O–H groups in total. The minimum Gasteiger partial charge on any atom is -0.298 e. The van der Waals surface area contributed by atoms with E-state index in [9.17, 15) is 9.18 Å². The molecule has 2 heterocycles. The van der Waals surface area contributed by atoms with E-state index in [1.54, 1.807) is 25.4 Å². The van der Waals surface area contributed by atoms with Crippen LogP contribution >= 0.6 is 11.3 Å². The Kier molecular flexibility index (Phi) is 3.93. The third-order valence-electron chi connectivity index (χ3n) is 3.13. The van der Waals surface area contributed by atoms with Crippen LogP contribution in [-0.2, 0) is 0 Å². The first-order valence-corrected chi connectivity index (χ1v) is 7.45. The third kappa shape index (κ3) is 3.01. The molecule has 0 aliphatic rings. The van der Waals surface area contributed by atoms with Crippen LogP contribution in [0.3, 0.4) is 0 Å². The first-order valence-electron chi connectivity index (χ1n) is 6.57. The average molecular weight is 313 g/mol. The Balaban J connectivity index is 1.81. The van der Waals surface area contributed by atoms with Gasteiger partial charge in [0.1, 0.15) is 5.82 Å². The molecule has 0 bridgehead atoms. The number of anilines is 1. The van der Waals surface area contributed by atoms with Gasteiger partial charge >= 0.3 is 0 Å². The highest BCUT2D eigenvalue weighted by Gasteiger charge is 2.13. The first kappa shape index (κ1) is 14.3. The Labute approximate surface area is 130 Å². The van der Waals surface area contributed by atoms with Crippen LogP contribution in [0.25, 0.3) is 11.3 Å². The summed E-state index contributed by atoms with van der Waals surface area (Å²) in [5.74, 6) is -0.810. The van der Waals surface area contributed by atoms with E-state index in [4.69, 9.17) is 0 Å². The largest absolute Gasteiger partial charge is 0.298 e. The normalized spacial score (nSPS) is 10.5. The number of nitrogens with zero attached hydrogens (tertiary/aromatic N) is 2. The van der Waals surface area contributed by atoms with Crippen LogP contribution in [0, 0.1) is 12.7 Å². The Morgan fingerprint density at radius 2 is 2.18 bits per heavy atom. The number of pyridine rings is 1. The predicted octanol–water partition coefficient (Wildman–Crippen LogP) is 3.90. The van der Waals surface area contributed by atoms with Gasteiger partial charge in [0.2, 0.25) is 0 Å². The number of halogens is 1. The maximum atomic E-state index is 13.3. The summed E-state index contributed by atoms with van der Waals surface area (Å²) in [5.41, 5.74) is 2.63. The summed E-state index contributed by atoms with van der Waals surface area (Å²) in [6.07, 6.45) is 3.39. The lowest BCUT2D eigenvalue weighted by molar-refractivity contribution is 0.102. The molecule has 0 radical (unpaired) electrons. The molecule has 22 heavy (non-hydrogen) atoms. The number of carbonyl (C=O) groups excluding carboxylic acids is 1. The molecular weight excluding hydrogens is 301 g/mol. The lowest BCUT2D eigenvalue weighted by atomic mass is 10.1. The van der Waals surface area contributed by atoms with Crippen LogP contribution in [0.1, 0.15) is 15.9 Å². The van der Waals surface area contributed by atoms with E-state index in [0.29, 0.717) is 16.3 Å². The summed E-state index contributed by atoms with van der Waals surface area (Å²) in [5, 5.41) is 5.00. The molecule has 0 saturated heterocycles. The standard InChI is InChI=1S/C16H12FN3OS/c1-10-4-5-12(17)7-13(10)15(21)20-16-19-14(9-22-16)11-3-2-6-18-8-11/h2-9H,1H3,(H,19,20,21). The van der Waals surface area contributed by atoms with Crippen molar-refractivity contribution in [1.82, 2.24) is 9.97 Å². The zero-order valence-electron chi connectivity index (χ0n) is 11.7. The van der Waals surface area contributed by atoms with E-state index < -0.39 is 5.82 Å². The topological polar surface area (TPSA) is 54.9 Å². The molecule has 3 aromatic rings. The van der Waals surface area contributed by atoms with Gasteiger partial charge < -0.3 is 0 Å². The number of rotatable bonds is 3. The number of hydrogen-bond acceptors (Lipinski definition) is 4. The molecule has 1 amide bonds. The number of amides is 1. The maximum Gasteiger partial charge on any atom is 0.257 e. The van der Waals surface area contributed by atoms with Crippen molar-refractivity contribution in [2.24, 2.45) is 0 Å². The van der Waals surface area contributed by atoms with Crippen molar-refractivity contribution >= 4 is 22.4 Å². The number of hydrogen-bond donors (Lipinski definition) is 1. The second-order valence-electron chi connectivity index (χ2n) is 4.69. The Morgan fingerprint density at radius 1 is 1.32 bits per heavy atom. The minimum absolute atomic E-state index is 0.304. The molecule has 0 aliphatic carbocycles. The first-order chi connectivity index (χ1) is 10.6. The number of thiazole rings is 1. The molecule has 3 rings (SSSR count). The van der Waals surface area contributed by atoms with Gasteiger partial charge in [0, 0.05) is 28.9 Å². The Morgan fingerprint density at radius 3 is 2.95 bits per heavy atom. The molecule has 0 fully saturated rings. The summed E-state index contributed by atoms with van der Waals surface area (Å²) in [4.78, 5) is 20.6. The lowest BCUT2D eigenvalue weighted by Crippen LogP contribution is -2.13. The van der Waals surface area contributed by atoms with Gasteiger partial charge in [-0.15, -0.1) is 11.3 Å². The maximum absolute atomic E-state index is 13.3. The zero-order chi connectivity index (χ0) is 15.5. The van der Waals surface area contributed by atoms with Gasteiger partial charge in [-0.2, -0.15) is 0 Å². The summed E-state index contributed by atoms with van der Waals surface area (Å²) < 4.78 is 13.3. The van der Waals surface area contributed by atoms with Gasteiger partial charge in [0.05, 0.1) is 5.69 Å². The molecule has 0 spiro atoms. The van der Waals surface area contributed by atoms with Gasteiger partial charge in [0.15, 0.2) is 5.13 Å². The van der Waals surface area contributed by atoms with Gasteiger partial charge in [-0.1, -0.05) is 6.07 Å². The van der Waals surface area contributed by atoms with Gasteiger partial charge in [-0.25, -0.2) is 9.37 Å². The Bertz CT molecular complexity index is 817. The molecule has 110 valence electrons. The molecule has 0 aliphatic heterocycles. The summed E-state index contributed by atoms with van der Waals surface area (Å²) in [6.45, 7) is 1.76. The van der Waals surface area contributed by atoms with Crippen molar-refractivity contribution < 1.29 is 9.18 Å². The molecule has 0 unspecified atom stereocenters. The molecule has 6 heteroatoms. The van der Waals surface area contributed by atoms with Crippen molar-refractivity contribution in [3.63, 3.8) is 0 Å². The van der Waals surface area contributed by atoms with Crippen LogP contribution in [0.15, 0.2) is 48.1 Å². The average Bonchev–Trinajstić information content (AvgIpc) is 2.99. The van der Waals surface area contributed by atoms with E-state index in [2.05, 4.69) is 15.3 Å². The van der Waals surface area contributed by atoms with Crippen molar-refractivity contribution in [2.75, 3.05) is 5.32 Å². The van der Waals surface area contributed by atoms with Crippen LogP contribution in [0.5, 0.6) is 0 Å². The second-order valence-corrected chi connectivity index (χ2v) is 5.55. The second kappa shape index (κ2) is 6.03. The van der Waals surface area contributed by atoms with E-state index in [-0.39, 0.29) is 5.91 Å². The quantitative estimate of drug-likeness (QED) is 0.797. The molecule has 0 atom stereocenters. The lowest BCUT2D eigenvalue weighted by Gasteiger charge is -2.05. The van der Waals surface area contributed by atoms with E-state index >= 15 is 0 Å². The number of aryl methyl sites for hydroxylation is 1. The predicted molar refractivity (Wildman–Crippen MR) is 84.4 cm³/mol. The van der Waals surface area contributed by atoms with Crippen molar-refractivity contribution in [3.05, 3.63) is 65.0 Å². The van der Waals surface area contributed by atoms with Crippen LogP contribution in [0.2, 0.25) is 0 Å². The fourth-order valence-corrected chi connectivity index (χ4v) is 2.70. The van der Waals surface area contributed by atoms with E-state index in [1.807, 2.05) is 17.5 Å². The van der Waals surface area contributed by atoms with E-state index in [0.717, 1.165) is 11.3 Å². The van der Waals surface area contributed by atoms with Gasteiger partial charge in [-0.05, 0) is 36.8 Å². The third-order valence-corrected chi connectivity index (χ3v) is 3.88. The fraction of sp³-hybridized carbons (Fsp3) is 0.0625. The van der Waals surface area contributed by atoms with Crippen LogP contribution in [-0.4, -0.2) is 15.9 Å². The van der Waals surface area contributed by atoms with Gasteiger partial charge in [0.25, 0.3) is 5.91 Å². The fourth-order valence-electron chi connectivity index (χ4n) is 1.98. The molecule has 2 aromatic heterocycles. The highest BCUT2D eigenvalue weighted by Crippen LogP contribution is 2.24. The molecule has 4 nitrogen and oxygen atoms in total. The summed E-state index contributed by atoms with van der Waals surface area (Å²) >= 11 is 1.31. The summed E-state index contributed by atoms with van der Waals surface area (Å²) in [7, 11) is 0. The van der Waals surface area contributed by atoms with Crippen molar-refractivity contribution in [1.29, 1.82) is 0 Å². The number of carbonyl (C=O) groups is 1. The monoisotopic (exact) mass is 313 g/mol. The molecular formula is C16H12FN3OS. The minimum atomic E-state index is -0.439. The zero-order valence-corrected chi connectivity index (χ0v) is 12.5. The molecule has 0 saturated carbocycles. The number of aromatic nitrogens is 2. The van der Waals surface area contributed by atoms with Crippen LogP contribution < -0.4 is 5.32 Å². The highest BCUT2D eigenvalue weighted by molar-refractivity contribution is 7.14. The van der Waals surface area contributed by atoms with Crippen LogP contribution in [0.4, 0.5) is 9.52 Å².